The maximum absolute atomic E-state index is 12.9. The van der Waals surface area contributed by atoms with Crippen molar-refractivity contribution >= 4 is 15.7 Å². The molecule has 0 fully saturated rings. The zero-order valence-corrected chi connectivity index (χ0v) is 26.8. The van der Waals surface area contributed by atoms with Crippen molar-refractivity contribution in [1.82, 2.24) is 20.1 Å². The third-order valence-electron chi connectivity index (χ3n) is 7.03. The number of hydrogen-bond donors (Lipinski definition) is 2. The fourth-order valence-corrected chi connectivity index (χ4v) is 5.55. The predicted octanol–water partition coefficient (Wildman–Crippen LogP) is 6.19. The van der Waals surface area contributed by atoms with E-state index in [9.17, 15) is 31.5 Å². The number of oxazole rings is 1. The van der Waals surface area contributed by atoms with E-state index in [2.05, 4.69) is 20.1 Å². The Balaban J connectivity index is 1.67. The minimum atomic E-state index is -4.85. The summed E-state index contributed by atoms with van der Waals surface area (Å²) in [5.41, 5.74) is 2.53. The smallest absolute Gasteiger partial charge is 0.440 e. The van der Waals surface area contributed by atoms with Gasteiger partial charge in [0.05, 0.1) is 16.2 Å². The Morgan fingerprint density at radius 1 is 0.979 bits per heavy atom. The maximum atomic E-state index is 12.9. The second-order valence-electron chi connectivity index (χ2n) is 11.6. The van der Waals surface area contributed by atoms with Crippen molar-refractivity contribution in [2.45, 2.75) is 37.6 Å². The molecule has 10 nitrogen and oxygen atoms in total. The van der Waals surface area contributed by atoms with E-state index in [4.69, 9.17) is 4.42 Å². The first-order chi connectivity index (χ1) is 21.9. The van der Waals surface area contributed by atoms with Gasteiger partial charge < -0.3 is 19.6 Å². The Bertz CT molecular complexity index is 2060. The van der Waals surface area contributed by atoms with Crippen molar-refractivity contribution in [3.8, 4) is 50.7 Å². The Kier molecular flexibility index (Phi) is 8.77. The van der Waals surface area contributed by atoms with Gasteiger partial charge in [0.25, 0.3) is 5.91 Å². The molecule has 0 saturated carbocycles. The number of alkyl halides is 3. The van der Waals surface area contributed by atoms with Crippen LogP contribution in [0.1, 0.15) is 30.2 Å². The molecule has 5 rings (SSSR count). The van der Waals surface area contributed by atoms with Crippen LogP contribution in [0.4, 0.5) is 13.2 Å². The quantitative estimate of drug-likeness (QED) is 0.190. The fourth-order valence-electron chi connectivity index (χ4n) is 4.88. The highest BCUT2D eigenvalue weighted by Crippen LogP contribution is 2.41. The second-order valence-corrected chi connectivity index (χ2v) is 13.6. The SMILES string of the molecule is Cc1nc(-c2ccc(OC(F)(F)F)cc2)c(-c2cc(-c3cccc(S(C)(=O)=O)c3)ccc2-c2cc(C(=O)NCC(C)(C)O)nn2C)o1. The number of nitrogens with zero attached hydrogens (tertiary/aromatic N) is 3. The molecule has 0 aliphatic rings. The number of aryl methyl sites for hydroxylation is 2. The van der Waals surface area contributed by atoms with Crippen molar-refractivity contribution < 1.29 is 40.6 Å². The number of aromatic nitrogens is 3. The van der Waals surface area contributed by atoms with Crippen LogP contribution in [-0.2, 0) is 16.9 Å². The number of ether oxygens (including phenoxy) is 1. The molecule has 0 atom stereocenters. The number of carbonyl (C=O) groups excluding carboxylic acids is 1. The molecule has 2 heterocycles. The first-order valence-corrected chi connectivity index (χ1v) is 16.1. The summed E-state index contributed by atoms with van der Waals surface area (Å²) in [4.78, 5) is 17.6. The van der Waals surface area contributed by atoms with Gasteiger partial charge in [-0.05, 0) is 73.5 Å². The van der Waals surface area contributed by atoms with Crippen LogP contribution in [0.2, 0.25) is 0 Å². The maximum Gasteiger partial charge on any atom is 0.573 e. The number of benzene rings is 3. The fraction of sp³-hybridized carbons (Fsp3) is 0.242. The molecule has 14 heteroatoms. The number of sulfone groups is 1. The normalized spacial score (nSPS) is 12.3. The number of halogens is 3. The third-order valence-corrected chi connectivity index (χ3v) is 8.14. The molecule has 0 aliphatic heterocycles. The number of amides is 1. The first-order valence-electron chi connectivity index (χ1n) is 14.2. The predicted molar refractivity (Wildman–Crippen MR) is 168 cm³/mol. The minimum absolute atomic E-state index is 0.00225. The summed E-state index contributed by atoms with van der Waals surface area (Å²) >= 11 is 0. The van der Waals surface area contributed by atoms with E-state index in [1.54, 1.807) is 70.3 Å². The van der Waals surface area contributed by atoms with E-state index in [1.165, 1.54) is 35.0 Å². The lowest BCUT2D eigenvalue weighted by molar-refractivity contribution is -0.274. The van der Waals surface area contributed by atoms with E-state index in [0.717, 1.165) is 6.26 Å². The molecule has 246 valence electrons. The summed E-state index contributed by atoms with van der Waals surface area (Å²) < 4.78 is 74.6. The van der Waals surface area contributed by atoms with Gasteiger partial charge in [-0.25, -0.2) is 13.4 Å². The van der Waals surface area contributed by atoms with Crippen molar-refractivity contribution in [3.63, 3.8) is 0 Å². The largest absolute Gasteiger partial charge is 0.573 e. The van der Waals surface area contributed by atoms with Crippen LogP contribution in [0.5, 0.6) is 5.75 Å². The van der Waals surface area contributed by atoms with Crippen LogP contribution in [0.25, 0.3) is 45.0 Å². The molecule has 0 unspecified atom stereocenters. The lowest BCUT2D eigenvalue weighted by Gasteiger charge is -2.16. The zero-order valence-electron chi connectivity index (χ0n) is 26.0. The van der Waals surface area contributed by atoms with Gasteiger partial charge >= 0.3 is 6.36 Å². The van der Waals surface area contributed by atoms with E-state index in [1.807, 2.05) is 0 Å². The average molecular weight is 669 g/mol. The van der Waals surface area contributed by atoms with Crippen LogP contribution in [0, 0.1) is 6.92 Å². The van der Waals surface area contributed by atoms with Gasteiger partial charge in [-0.1, -0.05) is 24.3 Å². The highest BCUT2D eigenvalue weighted by molar-refractivity contribution is 7.90. The van der Waals surface area contributed by atoms with Crippen LogP contribution < -0.4 is 10.1 Å². The summed E-state index contributed by atoms with van der Waals surface area (Å²) in [5, 5.41) is 17.1. The Morgan fingerprint density at radius 2 is 1.64 bits per heavy atom. The highest BCUT2D eigenvalue weighted by Gasteiger charge is 2.31. The molecule has 3 aromatic carbocycles. The monoisotopic (exact) mass is 668 g/mol. The molecule has 0 bridgehead atoms. The van der Waals surface area contributed by atoms with Crippen molar-refractivity contribution in [2.75, 3.05) is 12.8 Å². The lowest BCUT2D eigenvalue weighted by atomic mass is 9.94. The van der Waals surface area contributed by atoms with Crippen LogP contribution >= 0.6 is 0 Å². The molecule has 0 spiro atoms. The van der Waals surface area contributed by atoms with Crippen molar-refractivity contribution in [3.05, 3.63) is 84.4 Å². The molecular weight excluding hydrogens is 637 g/mol. The van der Waals surface area contributed by atoms with Gasteiger partial charge in [0.2, 0.25) is 0 Å². The number of carbonyl (C=O) groups is 1. The number of nitrogens with one attached hydrogen (secondary N) is 1. The molecule has 47 heavy (non-hydrogen) atoms. The van der Waals surface area contributed by atoms with E-state index >= 15 is 0 Å². The van der Waals surface area contributed by atoms with Gasteiger partial charge in [-0.2, -0.15) is 5.10 Å². The standard InChI is InChI=1S/C33H31F3N4O6S/c1-19-38-29(20-9-12-23(13-10-20)46-33(34,35)36)30(45-19)26-16-22(21-7-6-8-24(15-21)47(5,43)44)11-14-25(26)28-17-27(39-40(28)4)31(41)37-18-32(2,3)42/h6-17,42H,18H2,1-5H3,(H,37,41). The molecule has 1 amide bonds. The minimum Gasteiger partial charge on any atom is -0.440 e. The molecule has 5 aromatic rings. The van der Waals surface area contributed by atoms with Gasteiger partial charge in [0.15, 0.2) is 27.2 Å². The van der Waals surface area contributed by atoms with E-state index in [-0.39, 0.29) is 28.8 Å². The van der Waals surface area contributed by atoms with Crippen LogP contribution in [-0.4, -0.2) is 59.0 Å². The summed E-state index contributed by atoms with van der Waals surface area (Å²) in [6.45, 7) is 4.75. The van der Waals surface area contributed by atoms with Crippen LogP contribution in [0.3, 0.4) is 0 Å². The summed E-state index contributed by atoms with van der Waals surface area (Å²) in [6.07, 6.45) is -3.74. The van der Waals surface area contributed by atoms with Gasteiger partial charge in [-0.3, -0.25) is 9.48 Å². The van der Waals surface area contributed by atoms with E-state index in [0.29, 0.717) is 39.2 Å². The number of aliphatic hydroxyl groups is 1. The molecule has 2 aromatic heterocycles. The Hall–Kier alpha value is -4.95. The molecule has 0 radical (unpaired) electrons. The topological polar surface area (TPSA) is 137 Å². The summed E-state index contributed by atoms with van der Waals surface area (Å²) in [5.74, 6) is -0.348. The van der Waals surface area contributed by atoms with Crippen LogP contribution in [0.15, 0.2) is 82.1 Å². The number of rotatable bonds is 9. The van der Waals surface area contributed by atoms with Gasteiger partial charge in [0.1, 0.15) is 11.4 Å². The second kappa shape index (κ2) is 12.3. The Morgan fingerprint density at radius 3 is 2.28 bits per heavy atom. The van der Waals surface area contributed by atoms with E-state index < -0.39 is 33.5 Å². The van der Waals surface area contributed by atoms with Crippen molar-refractivity contribution in [2.24, 2.45) is 7.05 Å². The molecule has 0 saturated heterocycles. The average Bonchev–Trinajstić information content (AvgIpc) is 3.57. The molecular formula is C33H31F3N4O6S. The Labute approximate surface area is 268 Å². The highest BCUT2D eigenvalue weighted by atomic mass is 32.2. The summed E-state index contributed by atoms with van der Waals surface area (Å²) in [6, 6.07) is 18.6. The van der Waals surface area contributed by atoms with Crippen molar-refractivity contribution in [1.29, 1.82) is 0 Å². The third kappa shape index (κ3) is 7.89. The van der Waals surface area contributed by atoms with Gasteiger partial charge in [-0.15, -0.1) is 13.2 Å². The zero-order chi connectivity index (χ0) is 34.3. The summed E-state index contributed by atoms with van der Waals surface area (Å²) in [7, 11) is -1.85. The molecule has 2 N–H and O–H groups in total. The first kappa shape index (κ1) is 33.4. The lowest BCUT2D eigenvalue weighted by Crippen LogP contribution is -2.38. The number of hydrogen-bond acceptors (Lipinski definition) is 8. The molecule has 0 aliphatic carbocycles. The van der Waals surface area contributed by atoms with Gasteiger partial charge in [0, 0.05) is 43.5 Å².